The molecule has 0 atom stereocenters. The summed E-state index contributed by atoms with van der Waals surface area (Å²) in [7, 11) is 1.74. The van der Waals surface area contributed by atoms with Crippen molar-refractivity contribution in [1.29, 1.82) is 0 Å². The molecule has 1 aliphatic carbocycles. The predicted octanol–water partition coefficient (Wildman–Crippen LogP) is 2.57. The summed E-state index contributed by atoms with van der Waals surface area (Å²) >= 11 is 1.87. The average Bonchev–Trinajstić information content (AvgIpc) is 2.95. The van der Waals surface area contributed by atoms with E-state index in [-0.39, 0.29) is 0 Å². The lowest BCUT2D eigenvalue weighted by molar-refractivity contribution is 0.197. The van der Waals surface area contributed by atoms with Crippen LogP contribution in [0.15, 0.2) is 29.7 Å². The summed E-state index contributed by atoms with van der Waals surface area (Å²) < 4.78 is 5.05. The molecular weight excluding hydrogens is 218 g/mol. The van der Waals surface area contributed by atoms with E-state index < -0.39 is 0 Å². The lowest BCUT2D eigenvalue weighted by atomic mass is 9.83. The molecule has 0 amide bonds. The smallest absolute Gasteiger partial charge is 0.0587 e. The molecule has 1 N–H and O–H groups in total. The van der Waals surface area contributed by atoms with Gasteiger partial charge in [0.2, 0.25) is 0 Å². The molecule has 0 saturated heterocycles. The van der Waals surface area contributed by atoms with E-state index in [0.29, 0.717) is 5.41 Å². The number of methoxy groups -OCH3 is 1. The van der Waals surface area contributed by atoms with E-state index in [2.05, 4.69) is 35.0 Å². The Hall–Kier alpha value is -0.640. The van der Waals surface area contributed by atoms with Crippen molar-refractivity contribution < 1.29 is 4.74 Å². The second kappa shape index (κ2) is 5.62. The number of allylic oxidation sites excluding steroid dienone is 2. The maximum Gasteiger partial charge on any atom is 0.0587 e. The summed E-state index contributed by atoms with van der Waals surface area (Å²) in [5, 5.41) is 5.67. The average molecular weight is 237 g/mol. The van der Waals surface area contributed by atoms with Gasteiger partial charge in [-0.25, -0.2) is 0 Å². The second-order valence-electron chi connectivity index (χ2n) is 4.31. The summed E-state index contributed by atoms with van der Waals surface area (Å²) in [5.41, 5.74) is 0.307. The number of rotatable bonds is 6. The molecule has 1 aliphatic rings. The van der Waals surface area contributed by atoms with Crippen LogP contribution in [0.4, 0.5) is 0 Å². The van der Waals surface area contributed by atoms with E-state index in [1.807, 2.05) is 11.3 Å². The highest BCUT2D eigenvalue weighted by Gasteiger charge is 2.33. The molecule has 2 nitrogen and oxygen atoms in total. The van der Waals surface area contributed by atoms with Gasteiger partial charge in [-0.2, -0.15) is 0 Å². The molecule has 3 heteroatoms. The normalized spacial score (nSPS) is 18.1. The van der Waals surface area contributed by atoms with Crippen LogP contribution in [0.3, 0.4) is 0 Å². The lowest BCUT2D eigenvalue weighted by Gasteiger charge is -2.28. The number of thiophene rings is 1. The molecular formula is C13H19NOS. The van der Waals surface area contributed by atoms with Crippen molar-refractivity contribution in [3.05, 3.63) is 34.5 Å². The summed E-state index contributed by atoms with van der Waals surface area (Å²) in [5.74, 6) is 0. The van der Waals surface area contributed by atoms with Gasteiger partial charge < -0.3 is 10.1 Å². The lowest BCUT2D eigenvalue weighted by Crippen LogP contribution is -2.36. The van der Waals surface area contributed by atoms with Crippen molar-refractivity contribution in [2.75, 3.05) is 26.8 Å². The third-order valence-electron chi connectivity index (χ3n) is 3.17. The van der Waals surface area contributed by atoms with Gasteiger partial charge in [0.15, 0.2) is 0 Å². The Balaban J connectivity index is 1.95. The first kappa shape index (κ1) is 11.8. The third kappa shape index (κ3) is 2.54. The standard InChI is InChI=1S/C13H19NOS/c1-15-9-8-14-11-13(6-2-3-7-13)12-5-4-10-16-12/h2-5,10,14H,6-9,11H2,1H3. The van der Waals surface area contributed by atoms with Crippen molar-refractivity contribution in [2.45, 2.75) is 18.3 Å². The fourth-order valence-corrected chi connectivity index (χ4v) is 3.17. The SMILES string of the molecule is COCCNCC1(c2cccs2)CC=CC1. The van der Waals surface area contributed by atoms with Gasteiger partial charge in [-0.1, -0.05) is 18.2 Å². The van der Waals surface area contributed by atoms with Gasteiger partial charge in [0, 0.05) is 30.5 Å². The van der Waals surface area contributed by atoms with E-state index in [1.165, 1.54) is 4.88 Å². The van der Waals surface area contributed by atoms with Crippen LogP contribution < -0.4 is 5.32 Å². The van der Waals surface area contributed by atoms with Crippen molar-refractivity contribution in [3.63, 3.8) is 0 Å². The minimum atomic E-state index is 0.307. The fraction of sp³-hybridized carbons (Fsp3) is 0.538. The van der Waals surface area contributed by atoms with Crippen molar-refractivity contribution in [3.8, 4) is 0 Å². The van der Waals surface area contributed by atoms with E-state index >= 15 is 0 Å². The maximum atomic E-state index is 5.05. The van der Waals surface area contributed by atoms with Crippen molar-refractivity contribution >= 4 is 11.3 Å². The number of ether oxygens (including phenoxy) is 1. The predicted molar refractivity (Wildman–Crippen MR) is 69.1 cm³/mol. The minimum Gasteiger partial charge on any atom is -0.383 e. The number of hydrogen-bond acceptors (Lipinski definition) is 3. The molecule has 16 heavy (non-hydrogen) atoms. The Bertz CT molecular complexity index is 324. The zero-order chi connectivity index (χ0) is 11.3. The molecule has 0 aliphatic heterocycles. The number of hydrogen-bond donors (Lipinski definition) is 1. The summed E-state index contributed by atoms with van der Waals surface area (Å²) in [4.78, 5) is 1.50. The molecule has 2 rings (SSSR count). The topological polar surface area (TPSA) is 21.3 Å². The molecule has 1 heterocycles. The number of nitrogens with one attached hydrogen (secondary N) is 1. The summed E-state index contributed by atoms with van der Waals surface area (Å²) in [6.45, 7) is 2.77. The van der Waals surface area contributed by atoms with E-state index in [4.69, 9.17) is 4.74 Å². The third-order valence-corrected chi connectivity index (χ3v) is 4.29. The molecule has 0 fully saturated rings. The van der Waals surface area contributed by atoms with Crippen LogP contribution in [0.2, 0.25) is 0 Å². The van der Waals surface area contributed by atoms with Crippen molar-refractivity contribution in [1.82, 2.24) is 5.32 Å². The molecule has 1 aromatic heterocycles. The van der Waals surface area contributed by atoms with Crippen LogP contribution in [0.25, 0.3) is 0 Å². The maximum absolute atomic E-state index is 5.05. The van der Waals surface area contributed by atoms with Crippen LogP contribution in [-0.4, -0.2) is 26.8 Å². The zero-order valence-electron chi connectivity index (χ0n) is 9.74. The second-order valence-corrected chi connectivity index (χ2v) is 5.25. The largest absolute Gasteiger partial charge is 0.383 e. The molecule has 0 aromatic carbocycles. The Labute approximate surface area is 101 Å². The first-order valence-corrected chi connectivity index (χ1v) is 6.64. The van der Waals surface area contributed by atoms with Gasteiger partial charge in [0.25, 0.3) is 0 Å². The molecule has 88 valence electrons. The minimum absolute atomic E-state index is 0.307. The highest BCUT2D eigenvalue weighted by Crippen LogP contribution is 2.38. The molecule has 1 aromatic rings. The van der Waals surface area contributed by atoms with Crippen LogP contribution in [0.1, 0.15) is 17.7 Å². The van der Waals surface area contributed by atoms with Crippen molar-refractivity contribution in [2.24, 2.45) is 0 Å². The Morgan fingerprint density at radius 3 is 2.88 bits per heavy atom. The molecule has 0 radical (unpaired) electrons. The zero-order valence-corrected chi connectivity index (χ0v) is 10.6. The Morgan fingerprint density at radius 2 is 2.25 bits per heavy atom. The van der Waals surface area contributed by atoms with E-state index in [1.54, 1.807) is 7.11 Å². The summed E-state index contributed by atoms with van der Waals surface area (Å²) in [6, 6.07) is 4.41. The van der Waals surface area contributed by atoms with Gasteiger partial charge in [0.05, 0.1) is 6.61 Å². The fourth-order valence-electron chi connectivity index (χ4n) is 2.22. The van der Waals surface area contributed by atoms with Gasteiger partial charge in [-0.05, 0) is 24.3 Å². The van der Waals surface area contributed by atoms with Gasteiger partial charge in [-0.3, -0.25) is 0 Å². The Kier molecular flexibility index (Phi) is 4.16. The van der Waals surface area contributed by atoms with Crippen LogP contribution in [-0.2, 0) is 10.2 Å². The molecule has 0 unspecified atom stereocenters. The first-order chi connectivity index (χ1) is 7.87. The quantitative estimate of drug-likeness (QED) is 0.606. The van der Waals surface area contributed by atoms with E-state index in [9.17, 15) is 0 Å². The first-order valence-electron chi connectivity index (χ1n) is 5.76. The summed E-state index contributed by atoms with van der Waals surface area (Å²) in [6.07, 6.45) is 6.93. The Morgan fingerprint density at radius 1 is 1.44 bits per heavy atom. The van der Waals surface area contributed by atoms with Gasteiger partial charge >= 0.3 is 0 Å². The molecule has 0 bridgehead atoms. The monoisotopic (exact) mass is 237 g/mol. The van der Waals surface area contributed by atoms with Gasteiger partial charge in [-0.15, -0.1) is 11.3 Å². The molecule has 0 saturated carbocycles. The van der Waals surface area contributed by atoms with Crippen LogP contribution in [0, 0.1) is 0 Å². The van der Waals surface area contributed by atoms with Crippen LogP contribution >= 0.6 is 11.3 Å². The molecule has 0 spiro atoms. The highest BCUT2D eigenvalue weighted by molar-refractivity contribution is 7.10. The van der Waals surface area contributed by atoms with Gasteiger partial charge in [0.1, 0.15) is 0 Å². The highest BCUT2D eigenvalue weighted by atomic mass is 32.1. The van der Waals surface area contributed by atoms with E-state index in [0.717, 1.165) is 32.5 Å². The van der Waals surface area contributed by atoms with Crippen LogP contribution in [0.5, 0.6) is 0 Å².